The fraction of sp³-hybridized carbons (Fsp3) is 0.571. The van der Waals surface area contributed by atoms with Crippen molar-refractivity contribution in [1.29, 1.82) is 0 Å². The van der Waals surface area contributed by atoms with Crippen LogP contribution in [-0.2, 0) is 4.79 Å². The van der Waals surface area contributed by atoms with Gasteiger partial charge < -0.3 is 9.42 Å². The summed E-state index contributed by atoms with van der Waals surface area (Å²) in [5.74, 6) is 1.68. The molecule has 1 saturated heterocycles. The molecule has 0 N–H and O–H groups in total. The first-order valence-electron chi connectivity index (χ1n) is 10.0. The molecule has 2 atom stereocenters. The van der Waals surface area contributed by atoms with Crippen LogP contribution in [0.5, 0.6) is 0 Å². The van der Waals surface area contributed by atoms with E-state index in [1.165, 1.54) is 0 Å². The van der Waals surface area contributed by atoms with Crippen LogP contribution in [0.25, 0.3) is 11.4 Å². The summed E-state index contributed by atoms with van der Waals surface area (Å²) < 4.78 is 5.54. The average Bonchev–Trinajstić information content (AvgIpc) is 3.19. The third kappa shape index (κ3) is 4.89. The van der Waals surface area contributed by atoms with Crippen molar-refractivity contribution in [3.05, 3.63) is 35.2 Å². The predicted octanol–water partition coefficient (Wildman–Crippen LogP) is 5.31. The van der Waals surface area contributed by atoms with Gasteiger partial charge in [-0.05, 0) is 37.8 Å². The monoisotopic (exact) mass is 389 g/mol. The lowest BCUT2D eigenvalue weighted by Crippen LogP contribution is -2.42. The highest BCUT2D eigenvalue weighted by Gasteiger charge is 2.31. The van der Waals surface area contributed by atoms with Gasteiger partial charge in [-0.2, -0.15) is 4.98 Å². The number of rotatable bonds is 7. The summed E-state index contributed by atoms with van der Waals surface area (Å²) in [6.45, 7) is 5.77. The number of hydrogen-bond acceptors (Lipinski definition) is 4. The summed E-state index contributed by atoms with van der Waals surface area (Å²) >= 11 is 6.05. The highest BCUT2D eigenvalue weighted by molar-refractivity contribution is 6.30. The first kappa shape index (κ1) is 19.9. The van der Waals surface area contributed by atoms with Crippen LogP contribution in [0.15, 0.2) is 28.8 Å². The van der Waals surface area contributed by atoms with Crippen LogP contribution in [0.2, 0.25) is 5.02 Å². The number of benzene rings is 1. The quantitative estimate of drug-likeness (QED) is 0.643. The minimum Gasteiger partial charge on any atom is -0.342 e. The molecule has 1 aliphatic rings. The van der Waals surface area contributed by atoms with E-state index in [4.69, 9.17) is 16.1 Å². The maximum Gasteiger partial charge on any atom is 0.231 e. The topological polar surface area (TPSA) is 59.2 Å². The lowest BCUT2D eigenvalue weighted by molar-refractivity contribution is -0.137. The first-order valence-corrected chi connectivity index (χ1v) is 10.4. The second-order valence-corrected chi connectivity index (χ2v) is 7.77. The third-order valence-corrected chi connectivity index (χ3v) is 5.59. The van der Waals surface area contributed by atoms with E-state index in [0.717, 1.165) is 50.6 Å². The van der Waals surface area contributed by atoms with Crippen LogP contribution >= 0.6 is 11.6 Å². The molecule has 6 heteroatoms. The molecule has 1 aliphatic heterocycles. The number of aromatic nitrogens is 2. The summed E-state index contributed by atoms with van der Waals surface area (Å²) in [6.07, 6.45) is 6.04. The number of carbonyl (C=O) groups excluding carboxylic acids is 1. The molecule has 0 spiro atoms. The fourth-order valence-electron chi connectivity index (χ4n) is 3.74. The summed E-state index contributed by atoms with van der Waals surface area (Å²) in [6, 6.07) is 7.43. The van der Waals surface area contributed by atoms with Gasteiger partial charge in [0.2, 0.25) is 17.6 Å². The number of piperidine rings is 1. The summed E-state index contributed by atoms with van der Waals surface area (Å²) in [7, 11) is 0. The van der Waals surface area contributed by atoms with Crippen LogP contribution in [0, 0.1) is 5.92 Å². The van der Waals surface area contributed by atoms with Gasteiger partial charge in [0.1, 0.15) is 0 Å². The lowest BCUT2D eigenvalue weighted by Gasteiger charge is -2.33. The van der Waals surface area contributed by atoms with Crippen LogP contribution in [0.4, 0.5) is 0 Å². The molecule has 2 heterocycles. The minimum absolute atomic E-state index is 0.104. The number of nitrogens with zero attached hydrogens (tertiary/aromatic N) is 3. The number of hydrogen-bond donors (Lipinski definition) is 0. The lowest BCUT2D eigenvalue weighted by atomic mass is 9.93. The van der Waals surface area contributed by atoms with Crippen molar-refractivity contribution < 1.29 is 9.32 Å². The predicted molar refractivity (Wildman–Crippen MR) is 107 cm³/mol. The van der Waals surface area contributed by atoms with Gasteiger partial charge in [0.15, 0.2) is 0 Å². The standard InChI is InChI=1S/C21H28ClN3O2/c1-3-5-8-15(4-2)21(26)25-12-7-10-17(14-25)20-23-19(24-27-20)16-9-6-11-18(22)13-16/h6,9,11,13,15,17H,3-5,7-8,10,12,14H2,1-2H3/t15-,17-/m0/s1. The van der Waals surface area contributed by atoms with E-state index in [-0.39, 0.29) is 17.7 Å². The molecular formula is C21H28ClN3O2. The van der Waals surface area contributed by atoms with E-state index in [1.54, 1.807) is 0 Å². The minimum atomic E-state index is 0.104. The molecule has 146 valence electrons. The molecule has 0 aliphatic carbocycles. The van der Waals surface area contributed by atoms with Crippen molar-refractivity contribution in [2.45, 2.75) is 58.3 Å². The number of likely N-dealkylation sites (tertiary alicyclic amines) is 1. The zero-order valence-corrected chi connectivity index (χ0v) is 16.9. The second-order valence-electron chi connectivity index (χ2n) is 7.34. The molecule has 5 nitrogen and oxygen atoms in total. The molecular weight excluding hydrogens is 362 g/mol. The van der Waals surface area contributed by atoms with E-state index in [1.807, 2.05) is 29.2 Å². The SMILES string of the molecule is CCCC[C@H](CC)C(=O)N1CCC[C@H](c2nc(-c3cccc(Cl)c3)no2)C1. The first-order chi connectivity index (χ1) is 13.1. The van der Waals surface area contributed by atoms with Crippen molar-refractivity contribution in [3.63, 3.8) is 0 Å². The van der Waals surface area contributed by atoms with Crippen LogP contribution in [0.3, 0.4) is 0 Å². The van der Waals surface area contributed by atoms with E-state index < -0.39 is 0 Å². The summed E-state index contributed by atoms with van der Waals surface area (Å²) in [5.41, 5.74) is 0.840. The van der Waals surface area contributed by atoms with E-state index >= 15 is 0 Å². The van der Waals surface area contributed by atoms with Crippen molar-refractivity contribution in [3.8, 4) is 11.4 Å². The highest BCUT2D eigenvalue weighted by atomic mass is 35.5. The van der Waals surface area contributed by atoms with Crippen molar-refractivity contribution in [2.24, 2.45) is 5.92 Å². The zero-order chi connectivity index (χ0) is 19.2. The molecule has 0 unspecified atom stereocenters. The van der Waals surface area contributed by atoms with Crippen LogP contribution in [0.1, 0.15) is 64.2 Å². The molecule has 1 amide bonds. The molecule has 2 aromatic rings. The smallest absolute Gasteiger partial charge is 0.231 e. The Labute approximate surface area is 166 Å². The van der Waals surface area contributed by atoms with Gasteiger partial charge in [0, 0.05) is 29.6 Å². The Morgan fingerprint density at radius 3 is 3.00 bits per heavy atom. The molecule has 0 radical (unpaired) electrons. The normalized spacial score (nSPS) is 18.5. The molecule has 3 rings (SSSR count). The van der Waals surface area contributed by atoms with Crippen molar-refractivity contribution >= 4 is 17.5 Å². The Bertz CT molecular complexity index is 761. The van der Waals surface area contributed by atoms with Gasteiger partial charge in [-0.15, -0.1) is 0 Å². The summed E-state index contributed by atoms with van der Waals surface area (Å²) in [5, 5.41) is 4.76. The molecule has 0 saturated carbocycles. The van der Waals surface area contributed by atoms with Crippen molar-refractivity contribution in [1.82, 2.24) is 15.0 Å². The second kappa shape index (κ2) is 9.36. The number of halogens is 1. The molecule has 1 aromatic carbocycles. The van der Waals surface area contributed by atoms with Crippen LogP contribution < -0.4 is 0 Å². The Morgan fingerprint density at radius 2 is 2.26 bits per heavy atom. The van der Waals surface area contributed by atoms with E-state index in [2.05, 4.69) is 24.0 Å². The highest BCUT2D eigenvalue weighted by Crippen LogP contribution is 2.29. The van der Waals surface area contributed by atoms with Gasteiger partial charge in [-0.25, -0.2) is 0 Å². The van der Waals surface area contributed by atoms with Gasteiger partial charge in [0.25, 0.3) is 0 Å². The Hall–Kier alpha value is -1.88. The Morgan fingerprint density at radius 1 is 1.41 bits per heavy atom. The zero-order valence-electron chi connectivity index (χ0n) is 16.2. The number of carbonyl (C=O) groups is 1. The maximum absolute atomic E-state index is 12.9. The number of unbranched alkanes of at least 4 members (excludes halogenated alkanes) is 1. The fourth-order valence-corrected chi connectivity index (χ4v) is 3.93. The van der Waals surface area contributed by atoms with Gasteiger partial charge in [-0.3, -0.25) is 4.79 Å². The molecule has 1 aromatic heterocycles. The Balaban J connectivity index is 1.68. The Kier molecular flexibility index (Phi) is 6.89. The average molecular weight is 390 g/mol. The molecule has 1 fully saturated rings. The van der Waals surface area contributed by atoms with Gasteiger partial charge in [0.05, 0.1) is 5.92 Å². The molecule has 27 heavy (non-hydrogen) atoms. The largest absolute Gasteiger partial charge is 0.342 e. The van der Waals surface area contributed by atoms with E-state index in [9.17, 15) is 4.79 Å². The third-order valence-electron chi connectivity index (χ3n) is 5.36. The van der Waals surface area contributed by atoms with Gasteiger partial charge in [-0.1, -0.05) is 55.6 Å². The van der Waals surface area contributed by atoms with Crippen LogP contribution in [-0.4, -0.2) is 34.0 Å². The maximum atomic E-state index is 12.9. The summed E-state index contributed by atoms with van der Waals surface area (Å²) in [4.78, 5) is 19.5. The van der Waals surface area contributed by atoms with Gasteiger partial charge >= 0.3 is 0 Å². The number of amides is 1. The molecule has 0 bridgehead atoms. The van der Waals surface area contributed by atoms with Crippen molar-refractivity contribution in [2.75, 3.05) is 13.1 Å². The van der Waals surface area contributed by atoms with E-state index in [0.29, 0.717) is 23.3 Å².